The molecule has 0 amide bonds. The number of phosphoric acid groups is 1. The first-order chi connectivity index (χ1) is 20.0. The summed E-state index contributed by atoms with van der Waals surface area (Å²) in [5, 5.41) is 0. The maximum absolute atomic E-state index is 13.5. The van der Waals surface area contributed by atoms with Crippen molar-refractivity contribution in [3.63, 3.8) is 0 Å². The van der Waals surface area contributed by atoms with Gasteiger partial charge in [0.25, 0.3) is 0 Å². The van der Waals surface area contributed by atoms with Crippen LogP contribution in [0.1, 0.15) is 137 Å². The standard InChI is InChI=1S/C31H62B2O7P2/c1-6-10-14-25(5)41(34,35)38-24-27-21-29(33-9-4)17-12-18-30(23-27)39-42(36,37)40-31-20-19-28(32-8-3)16-11-15-26(22-31)13-7-2/h25-31H,6-24H2,1-5H3,(H,34,35)(H,36,37). The molecule has 0 saturated heterocycles. The largest absolute Gasteiger partial charge is 0.472 e. The highest BCUT2D eigenvalue weighted by Crippen LogP contribution is 2.52. The van der Waals surface area contributed by atoms with E-state index < -0.39 is 27.2 Å². The molecule has 0 heterocycles. The van der Waals surface area contributed by atoms with Gasteiger partial charge in [0, 0.05) is 0 Å². The lowest BCUT2D eigenvalue weighted by Gasteiger charge is -2.32. The normalized spacial score (nSPS) is 31.7. The topological polar surface area (TPSA) is 102 Å². The Morgan fingerprint density at radius 1 is 0.762 bits per heavy atom. The van der Waals surface area contributed by atoms with Crippen molar-refractivity contribution in [2.75, 3.05) is 6.61 Å². The summed E-state index contributed by atoms with van der Waals surface area (Å²) in [5.74, 6) is 1.40. The van der Waals surface area contributed by atoms with Crippen LogP contribution in [0.3, 0.4) is 0 Å². The molecular formula is C31H62B2O7P2. The quantitative estimate of drug-likeness (QED) is 0.122. The predicted molar refractivity (Wildman–Crippen MR) is 177 cm³/mol. The summed E-state index contributed by atoms with van der Waals surface area (Å²) in [5.41, 5.74) is -0.402. The van der Waals surface area contributed by atoms with Crippen LogP contribution < -0.4 is 0 Å². The van der Waals surface area contributed by atoms with Gasteiger partial charge < -0.3 is 14.3 Å². The SMILES string of the molecule is CC[B]C1CCCC(CCC)CC(OP(=O)(O)OC2CCCC([B]CC)CC(COP(=O)(O)C(C)CCCC)C2)CC1. The molecule has 0 spiro atoms. The monoisotopic (exact) mass is 630 g/mol. The summed E-state index contributed by atoms with van der Waals surface area (Å²) >= 11 is 0. The lowest BCUT2D eigenvalue weighted by atomic mass is 9.57. The van der Waals surface area contributed by atoms with E-state index >= 15 is 0 Å². The minimum Gasteiger partial charge on any atom is -0.324 e. The number of phosphoric ester groups is 1. The van der Waals surface area contributed by atoms with Crippen LogP contribution in [0.2, 0.25) is 24.3 Å². The van der Waals surface area contributed by atoms with E-state index in [1.807, 2.05) is 0 Å². The van der Waals surface area contributed by atoms with Crippen LogP contribution in [0.4, 0.5) is 0 Å². The van der Waals surface area contributed by atoms with E-state index in [-0.39, 0.29) is 18.6 Å². The summed E-state index contributed by atoms with van der Waals surface area (Å²) < 4.78 is 44.1. The Balaban J connectivity index is 2.08. The molecule has 9 atom stereocenters. The second-order valence-electron chi connectivity index (χ2n) is 13.2. The van der Waals surface area contributed by atoms with E-state index in [1.165, 1.54) is 12.8 Å². The van der Waals surface area contributed by atoms with Gasteiger partial charge in [-0.25, -0.2) is 4.57 Å². The molecule has 11 heteroatoms. The molecular weight excluding hydrogens is 568 g/mol. The van der Waals surface area contributed by atoms with E-state index in [9.17, 15) is 18.9 Å². The number of unbranched alkanes of at least 4 members (excludes halogenated alkanes) is 1. The molecule has 2 rings (SSSR count). The van der Waals surface area contributed by atoms with Crippen molar-refractivity contribution in [3.8, 4) is 0 Å². The maximum Gasteiger partial charge on any atom is 0.472 e. The summed E-state index contributed by atoms with van der Waals surface area (Å²) in [7, 11) is -3.32. The van der Waals surface area contributed by atoms with Gasteiger partial charge >= 0.3 is 15.4 Å². The molecule has 2 N–H and O–H groups in total. The number of hydrogen-bond acceptors (Lipinski definition) is 5. The van der Waals surface area contributed by atoms with Crippen LogP contribution in [0, 0.1) is 11.8 Å². The number of rotatable bonds is 17. The third kappa shape index (κ3) is 15.1. The molecule has 0 aromatic carbocycles. The third-order valence-corrected chi connectivity index (χ3v) is 12.4. The van der Waals surface area contributed by atoms with E-state index in [0.717, 1.165) is 83.3 Å². The van der Waals surface area contributed by atoms with Crippen molar-refractivity contribution in [1.82, 2.24) is 0 Å². The summed E-state index contributed by atoms with van der Waals surface area (Å²) in [6.07, 6.45) is 16.0. The Morgan fingerprint density at radius 3 is 2.05 bits per heavy atom. The molecule has 2 fully saturated rings. The van der Waals surface area contributed by atoms with Gasteiger partial charge in [0.1, 0.15) is 14.6 Å². The predicted octanol–water partition coefficient (Wildman–Crippen LogP) is 9.85. The van der Waals surface area contributed by atoms with Crippen LogP contribution in [0.15, 0.2) is 0 Å². The minimum absolute atomic E-state index is 0.0360. The van der Waals surface area contributed by atoms with E-state index in [2.05, 4.69) is 42.3 Å². The van der Waals surface area contributed by atoms with Gasteiger partial charge in [-0.2, -0.15) is 0 Å². The molecule has 2 radical (unpaired) electrons. The van der Waals surface area contributed by atoms with Gasteiger partial charge in [0.05, 0.1) is 24.5 Å². The molecule has 0 bridgehead atoms. The fourth-order valence-electron chi connectivity index (χ4n) is 7.08. The van der Waals surface area contributed by atoms with Crippen LogP contribution in [-0.4, -0.2) is 48.8 Å². The Bertz CT molecular complexity index is 820. The van der Waals surface area contributed by atoms with E-state index in [1.54, 1.807) is 6.92 Å². The lowest BCUT2D eigenvalue weighted by Crippen LogP contribution is -2.26. The lowest BCUT2D eigenvalue weighted by molar-refractivity contribution is 0.0398. The second kappa shape index (κ2) is 20.5. The molecule has 0 aliphatic heterocycles. The van der Waals surface area contributed by atoms with Crippen molar-refractivity contribution in [1.29, 1.82) is 0 Å². The highest BCUT2D eigenvalue weighted by molar-refractivity contribution is 7.53. The van der Waals surface area contributed by atoms with Gasteiger partial charge in [0.2, 0.25) is 0 Å². The fraction of sp³-hybridized carbons (Fsp3) is 1.00. The summed E-state index contributed by atoms with van der Waals surface area (Å²) in [6.45, 7) is 10.5. The highest BCUT2D eigenvalue weighted by atomic mass is 31.2. The second-order valence-corrected chi connectivity index (χ2v) is 16.9. The van der Waals surface area contributed by atoms with Crippen molar-refractivity contribution < 1.29 is 32.5 Å². The van der Waals surface area contributed by atoms with Crippen LogP contribution in [0.5, 0.6) is 0 Å². The first-order valence-corrected chi connectivity index (χ1v) is 20.5. The zero-order valence-electron chi connectivity index (χ0n) is 27.5. The minimum atomic E-state index is -4.29. The molecule has 244 valence electrons. The molecule has 2 aliphatic carbocycles. The van der Waals surface area contributed by atoms with Gasteiger partial charge in [-0.15, -0.1) is 0 Å². The first-order valence-electron chi connectivity index (χ1n) is 17.3. The fourth-order valence-corrected chi connectivity index (χ4v) is 9.45. The van der Waals surface area contributed by atoms with Gasteiger partial charge in [-0.05, 0) is 43.9 Å². The van der Waals surface area contributed by atoms with E-state index in [4.69, 9.17) is 13.6 Å². The van der Waals surface area contributed by atoms with Crippen LogP contribution in [0.25, 0.3) is 0 Å². The van der Waals surface area contributed by atoms with Crippen LogP contribution >= 0.6 is 15.4 Å². The molecule has 0 aromatic heterocycles. The zero-order valence-corrected chi connectivity index (χ0v) is 29.3. The summed E-state index contributed by atoms with van der Waals surface area (Å²) in [6, 6.07) is 0. The molecule has 0 aromatic rings. The van der Waals surface area contributed by atoms with Crippen molar-refractivity contribution >= 4 is 30.0 Å². The molecule has 7 nitrogen and oxygen atoms in total. The van der Waals surface area contributed by atoms with Crippen molar-refractivity contribution in [3.05, 3.63) is 0 Å². The molecule has 2 aliphatic rings. The Labute approximate surface area is 260 Å². The Kier molecular flexibility index (Phi) is 18.8. The van der Waals surface area contributed by atoms with Crippen molar-refractivity contribution in [2.24, 2.45) is 11.8 Å². The first kappa shape index (κ1) is 38.6. The van der Waals surface area contributed by atoms with E-state index in [0.29, 0.717) is 36.8 Å². The maximum atomic E-state index is 13.5. The number of hydrogen-bond donors (Lipinski definition) is 2. The average Bonchev–Trinajstić information content (AvgIpc) is 2.99. The Morgan fingerprint density at radius 2 is 1.38 bits per heavy atom. The molecule has 2 saturated carbocycles. The summed E-state index contributed by atoms with van der Waals surface area (Å²) in [4.78, 5) is 21.6. The average molecular weight is 630 g/mol. The van der Waals surface area contributed by atoms with Gasteiger partial charge in [0.15, 0.2) is 0 Å². The van der Waals surface area contributed by atoms with Gasteiger partial charge in [-0.3, -0.25) is 13.6 Å². The molecule has 42 heavy (non-hydrogen) atoms. The molecule has 9 unspecified atom stereocenters. The van der Waals surface area contributed by atoms with Gasteiger partial charge in [-0.1, -0.05) is 130 Å². The third-order valence-electron chi connectivity index (χ3n) is 9.40. The highest BCUT2D eigenvalue weighted by Gasteiger charge is 2.36. The Hall–Kier alpha value is 0.390. The van der Waals surface area contributed by atoms with Crippen LogP contribution in [-0.2, 0) is 22.7 Å². The van der Waals surface area contributed by atoms with Crippen molar-refractivity contribution in [2.45, 2.75) is 179 Å². The zero-order chi connectivity index (χ0) is 31.0. The smallest absolute Gasteiger partial charge is 0.324 e.